The van der Waals surface area contributed by atoms with Crippen molar-refractivity contribution in [3.8, 4) is 0 Å². The first-order valence-electron chi connectivity index (χ1n) is 8.76. The van der Waals surface area contributed by atoms with E-state index in [2.05, 4.69) is 10.9 Å². The highest BCUT2D eigenvalue weighted by Crippen LogP contribution is 2.45. The second-order valence-corrected chi connectivity index (χ2v) is 7.69. The van der Waals surface area contributed by atoms with Crippen molar-refractivity contribution in [3.05, 3.63) is 62.8 Å². The van der Waals surface area contributed by atoms with Crippen LogP contribution in [0.1, 0.15) is 24.1 Å². The van der Waals surface area contributed by atoms with E-state index in [1.807, 2.05) is 6.92 Å². The van der Waals surface area contributed by atoms with Crippen LogP contribution in [0.15, 0.2) is 35.3 Å². The van der Waals surface area contributed by atoms with E-state index in [1.54, 1.807) is 43.3 Å². The maximum atomic E-state index is 14.8. The first-order valence-corrected chi connectivity index (χ1v) is 9.13. The molecule has 2 fully saturated rings. The molecule has 0 spiro atoms. The number of benzene rings is 1. The van der Waals surface area contributed by atoms with Crippen molar-refractivity contribution < 1.29 is 9.18 Å². The fraction of sp³-hybridized carbons (Fsp3) is 0.368. The summed E-state index contributed by atoms with van der Waals surface area (Å²) >= 11 is 5.92. The Hall–Kier alpha value is -2.22. The number of carbonyl (C=O) groups is 1. The van der Waals surface area contributed by atoms with E-state index in [1.165, 1.54) is 10.6 Å². The van der Waals surface area contributed by atoms with E-state index in [0.29, 0.717) is 21.8 Å². The quantitative estimate of drug-likeness (QED) is 0.823. The molecule has 1 aromatic carbocycles. The van der Waals surface area contributed by atoms with Crippen LogP contribution in [0.25, 0.3) is 0 Å². The van der Waals surface area contributed by atoms with Crippen LogP contribution in [0, 0.1) is 18.7 Å². The van der Waals surface area contributed by atoms with Gasteiger partial charge in [0.15, 0.2) is 0 Å². The summed E-state index contributed by atoms with van der Waals surface area (Å²) in [6.45, 7) is 3.66. The monoisotopic (exact) mass is 390 g/mol. The van der Waals surface area contributed by atoms with Crippen LogP contribution in [-0.4, -0.2) is 22.6 Å². The van der Waals surface area contributed by atoms with Crippen LogP contribution in [0.3, 0.4) is 0 Å². The molecule has 0 saturated carbocycles. The number of hydrogen-bond acceptors (Lipinski definition) is 4. The molecule has 2 aliphatic rings. The number of fused-ring (bicyclic) bond motifs is 1. The van der Waals surface area contributed by atoms with E-state index in [4.69, 9.17) is 11.6 Å². The average Bonchev–Trinajstić information content (AvgIpc) is 3.11. The number of pyridine rings is 1. The normalized spacial score (nSPS) is 27.3. The Bertz CT molecular complexity index is 966. The second kappa shape index (κ2) is 6.44. The van der Waals surface area contributed by atoms with Crippen LogP contribution in [0.4, 0.5) is 10.1 Å². The molecule has 27 heavy (non-hydrogen) atoms. The first-order chi connectivity index (χ1) is 12.8. The molecule has 2 aliphatic heterocycles. The molecule has 2 N–H and O–H groups in total. The van der Waals surface area contributed by atoms with Gasteiger partial charge in [0.1, 0.15) is 11.9 Å². The van der Waals surface area contributed by atoms with Crippen molar-refractivity contribution in [2.45, 2.75) is 32.0 Å². The molecule has 4 rings (SSSR count). The number of nitrogens with zero attached hydrogens (tertiary/aromatic N) is 2. The van der Waals surface area contributed by atoms with Gasteiger partial charge in [-0.15, -0.1) is 0 Å². The van der Waals surface area contributed by atoms with Crippen molar-refractivity contribution in [3.63, 3.8) is 0 Å². The molecule has 1 aromatic heterocycles. The molecule has 142 valence electrons. The second-order valence-electron chi connectivity index (χ2n) is 7.25. The summed E-state index contributed by atoms with van der Waals surface area (Å²) < 4.78 is 16.2. The minimum atomic E-state index is -0.519. The van der Waals surface area contributed by atoms with Gasteiger partial charge in [-0.05, 0) is 32.0 Å². The van der Waals surface area contributed by atoms with Gasteiger partial charge in [-0.2, -0.15) is 0 Å². The largest absolute Gasteiger partial charge is 0.316 e. The molecule has 0 aliphatic carbocycles. The molecule has 0 radical (unpaired) electrons. The Kier molecular flexibility index (Phi) is 4.33. The van der Waals surface area contributed by atoms with Crippen molar-refractivity contribution in [2.75, 3.05) is 4.90 Å². The number of nitrogens with one attached hydrogen (secondary N) is 2. The number of amides is 1. The molecule has 0 bridgehead atoms. The number of hydrazine groups is 1. The van der Waals surface area contributed by atoms with E-state index < -0.39 is 17.9 Å². The highest BCUT2D eigenvalue weighted by atomic mass is 35.5. The van der Waals surface area contributed by atoms with Gasteiger partial charge in [0, 0.05) is 41.4 Å². The number of aryl methyl sites for hydroxylation is 2. The molecule has 4 atom stereocenters. The Balaban J connectivity index is 1.90. The Labute approximate surface area is 160 Å². The van der Waals surface area contributed by atoms with Crippen LogP contribution >= 0.6 is 11.6 Å². The zero-order chi connectivity index (χ0) is 19.5. The lowest BCUT2D eigenvalue weighted by Gasteiger charge is -2.30. The SMILES string of the molecule is Cc1cc(N2C(=O)C3NNC(C)C3C2c2ccc(Cl)cc2F)cn(C)c1=O. The molecule has 1 amide bonds. The van der Waals surface area contributed by atoms with E-state index in [-0.39, 0.29) is 23.4 Å². The van der Waals surface area contributed by atoms with Gasteiger partial charge >= 0.3 is 0 Å². The highest BCUT2D eigenvalue weighted by molar-refractivity contribution is 6.30. The molecule has 2 aromatic rings. The van der Waals surface area contributed by atoms with Gasteiger partial charge in [0.25, 0.3) is 5.56 Å². The zero-order valence-electron chi connectivity index (χ0n) is 15.2. The third-order valence-electron chi connectivity index (χ3n) is 5.48. The highest BCUT2D eigenvalue weighted by Gasteiger charge is 2.55. The summed E-state index contributed by atoms with van der Waals surface area (Å²) in [5.74, 6) is -0.786. The van der Waals surface area contributed by atoms with Crippen molar-refractivity contribution in [1.82, 2.24) is 15.4 Å². The molecular weight excluding hydrogens is 371 g/mol. The fourth-order valence-electron chi connectivity index (χ4n) is 4.21. The van der Waals surface area contributed by atoms with E-state index >= 15 is 0 Å². The summed E-state index contributed by atoms with van der Waals surface area (Å²) in [4.78, 5) is 26.9. The predicted octanol–water partition coefficient (Wildman–Crippen LogP) is 2.06. The maximum Gasteiger partial charge on any atom is 0.253 e. The van der Waals surface area contributed by atoms with Crippen molar-refractivity contribution in [2.24, 2.45) is 13.0 Å². The van der Waals surface area contributed by atoms with Gasteiger partial charge in [-0.1, -0.05) is 17.7 Å². The lowest BCUT2D eigenvalue weighted by Crippen LogP contribution is -2.42. The van der Waals surface area contributed by atoms with Gasteiger partial charge in [-0.25, -0.2) is 9.82 Å². The van der Waals surface area contributed by atoms with Crippen LogP contribution in [0.2, 0.25) is 5.02 Å². The summed E-state index contributed by atoms with van der Waals surface area (Å²) in [6.07, 6.45) is 1.62. The van der Waals surface area contributed by atoms with Crippen molar-refractivity contribution >= 4 is 23.2 Å². The smallest absolute Gasteiger partial charge is 0.253 e. The number of aromatic nitrogens is 1. The molecule has 4 unspecified atom stereocenters. The van der Waals surface area contributed by atoms with Crippen LogP contribution < -0.4 is 21.3 Å². The Morgan fingerprint density at radius 2 is 1.93 bits per heavy atom. The number of anilines is 1. The summed E-state index contributed by atoms with van der Waals surface area (Å²) in [5, 5.41) is 0.303. The third kappa shape index (κ3) is 2.77. The topological polar surface area (TPSA) is 66.4 Å². The molecule has 6 nitrogen and oxygen atoms in total. The number of rotatable bonds is 2. The number of halogens is 2. The average molecular weight is 391 g/mol. The molecular formula is C19H20ClFN4O2. The zero-order valence-corrected chi connectivity index (χ0v) is 15.9. The van der Waals surface area contributed by atoms with Gasteiger partial charge in [-0.3, -0.25) is 15.0 Å². The van der Waals surface area contributed by atoms with Crippen molar-refractivity contribution in [1.29, 1.82) is 0 Å². The summed E-state index contributed by atoms with van der Waals surface area (Å²) in [7, 11) is 1.64. The van der Waals surface area contributed by atoms with Gasteiger partial charge in [0.2, 0.25) is 5.91 Å². The number of carbonyl (C=O) groups excluding carboxylic acids is 1. The lowest BCUT2D eigenvalue weighted by atomic mass is 9.87. The minimum absolute atomic E-state index is 0.0438. The summed E-state index contributed by atoms with van der Waals surface area (Å²) in [6, 6.07) is 5.16. The molecule has 2 saturated heterocycles. The lowest BCUT2D eigenvalue weighted by molar-refractivity contribution is -0.119. The predicted molar refractivity (Wildman–Crippen MR) is 101 cm³/mol. The fourth-order valence-corrected chi connectivity index (χ4v) is 4.37. The van der Waals surface area contributed by atoms with Gasteiger partial charge in [0.05, 0.1) is 11.7 Å². The minimum Gasteiger partial charge on any atom is -0.316 e. The number of hydrogen-bond donors (Lipinski definition) is 2. The Morgan fingerprint density at radius 3 is 2.59 bits per heavy atom. The Morgan fingerprint density at radius 1 is 1.19 bits per heavy atom. The van der Waals surface area contributed by atoms with Gasteiger partial charge < -0.3 is 9.47 Å². The summed E-state index contributed by atoms with van der Waals surface area (Å²) in [5.41, 5.74) is 7.49. The third-order valence-corrected chi connectivity index (χ3v) is 5.72. The molecule has 8 heteroatoms. The molecule has 3 heterocycles. The maximum absolute atomic E-state index is 14.8. The van der Waals surface area contributed by atoms with E-state index in [0.717, 1.165) is 0 Å². The van der Waals surface area contributed by atoms with Crippen LogP contribution in [0.5, 0.6) is 0 Å². The standard InChI is InChI=1S/C19H20ClFN4O2/c1-9-6-12(8-24(3)18(9)26)25-17(13-5-4-11(20)7-14(13)21)15-10(2)22-23-16(15)19(25)27/h4-8,10,15-17,22-23H,1-3H3. The van der Waals surface area contributed by atoms with Crippen LogP contribution in [-0.2, 0) is 11.8 Å². The first kappa shape index (κ1) is 18.2. The van der Waals surface area contributed by atoms with E-state index in [9.17, 15) is 14.0 Å².